The number of ether oxygens (including phenoxy) is 2. The van der Waals surface area contributed by atoms with Crippen LogP contribution in [0.1, 0.15) is 33.3 Å². The Kier molecular flexibility index (Phi) is 5.39. The van der Waals surface area contributed by atoms with Gasteiger partial charge in [0.25, 0.3) is 5.91 Å². The van der Waals surface area contributed by atoms with Gasteiger partial charge in [0.15, 0.2) is 11.5 Å². The molecule has 5 heteroatoms. The van der Waals surface area contributed by atoms with Crippen molar-refractivity contribution in [2.45, 2.75) is 18.9 Å². The molecule has 1 amide bonds. The van der Waals surface area contributed by atoms with Gasteiger partial charge in [0.1, 0.15) is 13.2 Å². The molecule has 0 saturated heterocycles. The Morgan fingerprint density at radius 3 is 2.59 bits per heavy atom. The molecule has 4 nitrogen and oxygen atoms in total. The molecule has 1 aromatic heterocycles. The van der Waals surface area contributed by atoms with E-state index in [4.69, 9.17) is 9.47 Å². The number of rotatable bonds is 6. The fourth-order valence-electron chi connectivity index (χ4n) is 3.19. The van der Waals surface area contributed by atoms with E-state index in [-0.39, 0.29) is 11.9 Å². The molecule has 2 aromatic carbocycles. The van der Waals surface area contributed by atoms with Crippen molar-refractivity contribution in [3.8, 4) is 11.5 Å². The third kappa shape index (κ3) is 4.31. The minimum absolute atomic E-state index is 0.0436. The maximum atomic E-state index is 12.6. The van der Waals surface area contributed by atoms with Gasteiger partial charge in [0.05, 0.1) is 10.9 Å². The van der Waals surface area contributed by atoms with Crippen molar-refractivity contribution in [3.05, 3.63) is 82.0 Å². The topological polar surface area (TPSA) is 47.6 Å². The van der Waals surface area contributed by atoms with Gasteiger partial charge in [0, 0.05) is 0 Å². The van der Waals surface area contributed by atoms with E-state index in [2.05, 4.69) is 17.4 Å². The second-order valence-electron chi connectivity index (χ2n) is 6.43. The first-order chi connectivity index (χ1) is 13.3. The van der Waals surface area contributed by atoms with Crippen LogP contribution in [-0.4, -0.2) is 19.1 Å². The van der Waals surface area contributed by atoms with Crippen molar-refractivity contribution in [3.63, 3.8) is 0 Å². The molecule has 1 atom stereocenters. The molecule has 0 spiro atoms. The molecule has 1 aliphatic rings. The third-order valence-electron chi connectivity index (χ3n) is 4.58. The smallest absolute Gasteiger partial charge is 0.261 e. The number of fused-ring (bicyclic) bond motifs is 1. The number of benzene rings is 2. The molecule has 2 heterocycles. The minimum atomic E-state index is -0.101. The second-order valence-corrected chi connectivity index (χ2v) is 7.38. The molecular formula is C22H21NO3S. The number of hydrogen-bond acceptors (Lipinski definition) is 4. The normalized spacial score (nSPS) is 13.8. The first-order valence-corrected chi connectivity index (χ1v) is 9.95. The van der Waals surface area contributed by atoms with Crippen LogP contribution in [0, 0.1) is 0 Å². The van der Waals surface area contributed by atoms with Gasteiger partial charge in [-0.25, -0.2) is 0 Å². The lowest BCUT2D eigenvalue weighted by molar-refractivity contribution is 0.0938. The number of carbonyl (C=O) groups is 1. The first-order valence-electron chi connectivity index (χ1n) is 9.07. The van der Waals surface area contributed by atoms with Crippen molar-refractivity contribution >= 4 is 17.2 Å². The van der Waals surface area contributed by atoms with E-state index in [1.165, 1.54) is 16.9 Å². The zero-order chi connectivity index (χ0) is 18.5. The quantitative estimate of drug-likeness (QED) is 0.680. The van der Waals surface area contributed by atoms with E-state index in [0.29, 0.717) is 13.2 Å². The van der Waals surface area contributed by atoms with Gasteiger partial charge in [-0.05, 0) is 47.5 Å². The summed E-state index contributed by atoms with van der Waals surface area (Å²) in [6.45, 7) is 1.12. The van der Waals surface area contributed by atoms with Crippen LogP contribution < -0.4 is 14.8 Å². The predicted molar refractivity (Wildman–Crippen MR) is 107 cm³/mol. The number of amides is 1. The van der Waals surface area contributed by atoms with Crippen molar-refractivity contribution in [1.29, 1.82) is 0 Å². The number of aryl methyl sites for hydroxylation is 1. The van der Waals surface area contributed by atoms with Crippen molar-refractivity contribution in [2.75, 3.05) is 13.2 Å². The van der Waals surface area contributed by atoms with Crippen molar-refractivity contribution in [2.24, 2.45) is 0 Å². The van der Waals surface area contributed by atoms with Crippen molar-refractivity contribution < 1.29 is 14.3 Å². The highest BCUT2D eigenvalue weighted by molar-refractivity contribution is 7.12. The Labute approximate surface area is 162 Å². The van der Waals surface area contributed by atoms with Gasteiger partial charge >= 0.3 is 0 Å². The summed E-state index contributed by atoms with van der Waals surface area (Å²) < 4.78 is 11.3. The van der Waals surface area contributed by atoms with Crippen LogP contribution in [0.3, 0.4) is 0 Å². The number of hydrogen-bond donors (Lipinski definition) is 1. The first kappa shape index (κ1) is 17.6. The molecule has 1 aliphatic heterocycles. The third-order valence-corrected chi connectivity index (χ3v) is 5.45. The van der Waals surface area contributed by atoms with Crippen LogP contribution in [0.2, 0.25) is 0 Å². The lowest BCUT2D eigenvalue weighted by Crippen LogP contribution is -2.28. The van der Waals surface area contributed by atoms with Gasteiger partial charge in [0.2, 0.25) is 0 Å². The lowest BCUT2D eigenvalue weighted by Gasteiger charge is -2.23. The number of nitrogens with one attached hydrogen (secondary N) is 1. The van der Waals surface area contributed by atoms with Crippen LogP contribution in [-0.2, 0) is 6.42 Å². The summed E-state index contributed by atoms with van der Waals surface area (Å²) in [5.74, 6) is 1.46. The van der Waals surface area contributed by atoms with E-state index >= 15 is 0 Å². The molecule has 0 aliphatic carbocycles. The SMILES string of the molecule is O=C(NC(CCc1ccccc1)c1ccc2c(c1)OCCO2)c1cccs1. The molecule has 138 valence electrons. The number of thiophene rings is 1. The van der Waals surface area contributed by atoms with E-state index in [0.717, 1.165) is 34.8 Å². The minimum Gasteiger partial charge on any atom is -0.486 e. The summed E-state index contributed by atoms with van der Waals surface area (Å²) in [6.07, 6.45) is 1.69. The maximum Gasteiger partial charge on any atom is 0.261 e. The molecule has 1 unspecified atom stereocenters. The summed E-state index contributed by atoms with van der Waals surface area (Å²) in [7, 11) is 0. The van der Waals surface area contributed by atoms with Crippen LogP contribution in [0.15, 0.2) is 66.0 Å². The summed E-state index contributed by atoms with van der Waals surface area (Å²) >= 11 is 1.45. The number of carbonyl (C=O) groups excluding carboxylic acids is 1. The molecule has 27 heavy (non-hydrogen) atoms. The van der Waals surface area contributed by atoms with Crippen LogP contribution in [0.4, 0.5) is 0 Å². The van der Waals surface area contributed by atoms with Gasteiger partial charge < -0.3 is 14.8 Å². The fourth-order valence-corrected chi connectivity index (χ4v) is 3.82. The van der Waals surface area contributed by atoms with E-state index in [9.17, 15) is 4.79 Å². The highest BCUT2D eigenvalue weighted by Gasteiger charge is 2.20. The van der Waals surface area contributed by atoms with Gasteiger partial charge in [-0.3, -0.25) is 4.79 Å². The van der Waals surface area contributed by atoms with Crippen molar-refractivity contribution in [1.82, 2.24) is 5.32 Å². The summed E-state index contributed by atoms with van der Waals surface area (Å²) in [5, 5.41) is 5.10. The average Bonchev–Trinajstić information content (AvgIpc) is 3.26. The maximum absolute atomic E-state index is 12.6. The standard InChI is InChI=1S/C22H21NO3S/c24-22(21-7-4-14-27-21)23-18(10-8-16-5-2-1-3-6-16)17-9-11-19-20(15-17)26-13-12-25-19/h1-7,9,11,14-15,18H,8,10,12-13H2,(H,23,24). The van der Waals surface area contributed by atoms with Crippen LogP contribution in [0.25, 0.3) is 0 Å². The average molecular weight is 379 g/mol. The molecular weight excluding hydrogens is 358 g/mol. The van der Waals surface area contributed by atoms with Gasteiger partial charge in [-0.2, -0.15) is 0 Å². The van der Waals surface area contributed by atoms with Gasteiger partial charge in [-0.15, -0.1) is 11.3 Å². The second kappa shape index (κ2) is 8.27. The molecule has 0 fully saturated rings. The Hall–Kier alpha value is -2.79. The van der Waals surface area contributed by atoms with Crippen LogP contribution in [0.5, 0.6) is 11.5 Å². The Morgan fingerprint density at radius 1 is 1.00 bits per heavy atom. The highest BCUT2D eigenvalue weighted by Crippen LogP contribution is 2.34. The van der Waals surface area contributed by atoms with Gasteiger partial charge in [-0.1, -0.05) is 42.5 Å². The largest absolute Gasteiger partial charge is 0.486 e. The molecule has 0 radical (unpaired) electrons. The molecule has 1 N–H and O–H groups in total. The summed E-state index contributed by atoms with van der Waals surface area (Å²) in [4.78, 5) is 13.4. The van der Waals surface area contributed by atoms with E-state index in [1.807, 2.05) is 53.9 Å². The fraction of sp³-hybridized carbons (Fsp3) is 0.227. The monoisotopic (exact) mass is 379 g/mol. The molecule has 0 saturated carbocycles. The zero-order valence-corrected chi connectivity index (χ0v) is 15.7. The van der Waals surface area contributed by atoms with E-state index in [1.54, 1.807) is 0 Å². The molecule has 4 rings (SSSR count). The molecule has 3 aromatic rings. The predicted octanol–water partition coefficient (Wildman–Crippen LogP) is 4.62. The highest BCUT2D eigenvalue weighted by atomic mass is 32.1. The molecule has 0 bridgehead atoms. The summed E-state index contributed by atoms with van der Waals surface area (Å²) in [5.41, 5.74) is 2.28. The summed E-state index contributed by atoms with van der Waals surface area (Å²) in [6, 6.07) is 19.9. The Balaban J connectivity index is 1.55. The van der Waals surface area contributed by atoms with E-state index < -0.39 is 0 Å². The lowest BCUT2D eigenvalue weighted by atomic mass is 9.98. The zero-order valence-electron chi connectivity index (χ0n) is 14.9. The Bertz CT molecular complexity index is 893. The van der Waals surface area contributed by atoms with Crippen LogP contribution >= 0.6 is 11.3 Å². The Morgan fingerprint density at radius 2 is 1.81 bits per heavy atom.